The standard InChI is InChI=1S/C15H17ClN2O/c1-11(17)8-13-14(16)5-2-6-15(13)19-10-12-4-3-7-18-9-12/h2-7,9,11H,8,10,17H2,1H3. The van der Waals surface area contributed by atoms with Gasteiger partial charge in [0.05, 0.1) is 0 Å². The molecule has 1 aromatic heterocycles. The topological polar surface area (TPSA) is 48.1 Å². The van der Waals surface area contributed by atoms with Gasteiger partial charge in [-0.2, -0.15) is 0 Å². The molecule has 2 aromatic rings. The highest BCUT2D eigenvalue weighted by Gasteiger charge is 2.10. The Bertz CT molecular complexity index is 529. The first-order valence-corrected chi connectivity index (χ1v) is 6.59. The zero-order chi connectivity index (χ0) is 13.7. The van der Waals surface area contributed by atoms with Crippen LogP contribution in [-0.4, -0.2) is 11.0 Å². The normalized spacial score (nSPS) is 12.2. The third-order valence-corrected chi connectivity index (χ3v) is 3.07. The second kappa shape index (κ2) is 6.55. The van der Waals surface area contributed by atoms with Crippen LogP contribution >= 0.6 is 11.6 Å². The summed E-state index contributed by atoms with van der Waals surface area (Å²) in [4.78, 5) is 4.06. The number of hydrogen-bond donors (Lipinski definition) is 1. The van der Waals surface area contributed by atoms with Gasteiger partial charge in [-0.05, 0) is 31.5 Å². The van der Waals surface area contributed by atoms with Gasteiger partial charge in [-0.25, -0.2) is 0 Å². The minimum absolute atomic E-state index is 0.0423. The number of halogens is 1. The van der Waals surface area contributed by atoms with Crippen LogP contribution in [0.2, 0.25) is 5.02 Å². The van der Waals surface area contributed by atoms with Gasteiger partial charge < -0.3 is 10.5 Å². The van der Waals surface area contributed by atoms with E-state index >= 15 is 0 Å². The van der Waals surface area contributed by atoms with Crippen LogP contribution in [0.15, 0.2) is 42.7 Å². The Morgan fingerprint density at radius 3 is 2.84 bits per heavy atom. The first-order valence-electron chi connectivity index (χ1n) is 6.21. The fourth-order valence-electron chi connectivity index (χ4n) is 1.84. The molecule has 0 aliphatic heterocycles. The van der Waals surface area contributed by atoms with Crippen molar-refractivity contribution in [2.45, 2.75) is 26.0 Å². The third-order valence-electron chi connectivity index (χ3n) is 2.72. The Hall–Kier alpha value is -1.58. The Morgan fingerprint density at radius 1 is 1.32 bits per heavy atom. The molecule has 1 aromatic carbocycles. The molecule has 0 fully saturated rings. The molecule has 0 bridgehead atoms. The van der Waals surface area contributed by atoms with E-state index in [9.17, 15) is 0 Å². The van der Waals surface area contributed by atoms with Crippen LogP contribution in [0.25, 0.3) is 0 Å². The summed E-state index contributed by atoms with van der Waals surface area (Å²) in [5, 5.41) is 0.695. The van der Waals surface area contributed by atoms with Crippen molar-refractivity contribution in [3.05, 3.63) is 58.9 Å². The van der Waals surface area contributed by atoms with Crippen LogP contribution in [0.3, 0.4) is 0 Å². The van der Waals surface area contributed by atoms with E-state index in [0.29, 0.717) is 18.1 Å². The molecule has 0 amide bonds. The molecule has 0 saturated carbocycles. The molecule has 0 saturated heterocycles. The molecule has 2 rings (SSSR count). The summed E-state index contributed by atoms with van der Waals surface area (Å²) in [5.41, 5.74) is 7.83. The number of nitrogens with two attached hydrogens (primary N) is 1. The van der Waals surface area contributed by atoms with E-state index in [0.717, 1.165) is 16.9 Å². The zero-order valence-corrected chi connectivity index (χ0v) is 11.6. The first-order chi connectivity index (χ1) is 9.16. The van der Waals surface area contributed by atoms with Gasteiger partial charge in [0.2, 0.25) is 0 Å². The summed E-state index contributed by atoms with van der Waals surface area (Å²) in [6.07, 6.45) is 4.22. The molecule has 100 valence electrons. The molecular weight excluding hydrogens is 260 g/mol. The lowest BCUT2D eigenvalue weighted by molar-refractivity contribution is 0.302. The zero-order valence-electron chi connectivity index (χ0n) is 10.8. The van der Waals surface area contributed by atoms with Gasteiger partial charge in [0.1, 0.15) is 12.4 Å². The lowest BCUT2D eigenvalue weighted by Crippen LogP contribution is -2.18. The van der Waals surface area contributed by atoms with Gasteiger partial charge in [-0.15, -0.1) is 0 Å². The van der Waals surface area contributed by atoms with Gasteiger partial charge >= 0.3 is 0 Å². The fraction of sp³-hybridized carbons (Fsp3) is 0.267. The first kappa shape index (κ1) is 13.8. The Kier molecular flexibility index (Phi) is 4.77. The summed E-state index contributed by atoms with van der Waals surface area (Å²) in [6, 6.07) is 9.56. The van der Waals surface area contributed by atoms with E-state index in [1.807, 2.05) is 37.3 Å². The molecule has 1 atom stereocenters. The molecule has 2 N–H and O–H groups in total. The largest absolute Gasteiger partial charge is 0.489 e. The minimum atomic E-state index is 0.0423. The summed E-state index contributed by atoms with van der Waals surface area (Å²) < 4.78 is 5.82. The van der Waals surface area contributed by atoms with Gasteiger partial charge in [0, 0.05) is 34.6 Å². The van der Waals surface area contributed by atoms with Gasteiger partial charge in [0.25, 0.3) is 0 Å². The van der Waals surface area contributed by atoms with Crippen LogP contribution in [-0.2, 0) is 13.0 Å². The number of ether oxygens (including phenoxy) is 1. The molecular formula is C15H17ClN2O. The van der Waals surface area contributed by atoms with Crippen LogP contribution in [0.1, 0.15) is 18.1 Å². The number of nitrogens with zero attached hydrogens (tertiary/aromatic N) is 1. The summed E-state index contributed by atoms with van der Waals surface area (Å²) >= 11 is 6.21. The highest BCUT2D eigenvalue weighted by molar-refractivity contribution is 6.31. The van der Waals surface area contributed by atoms with Crippen molar-refractivity contribution < 1.29 is 4.74 Å². The predicted octanol–water partition coefficient (Wildman–Crippen LogP) is 3.20. The minimum Gasteiger partial charge on any atom is -0.489 e. The maximum absolute atomic E-state index is 6.21. The number of benzene rings is 1. The summed E-state index contributed by atoms with van der Waals surface area (Å²) in [5.74, 6) is 0.786. The van der Waals surface area contributed by atoms with Crippen molar-refractivity contribution in [3.8, 4) is 5.75 Å². The number of hydrogen-bond acceptors (Lipinski definition) is 3. The highest BCUT2D eigenvalue weighted by atomic mass is 35.5. The molecule has 19 heavy (non-hydrogen) atoms. The maximum Gasteiger partial charge on any atom is 0.124 e. The maximum atomic E-state index is 6.21. The summed E-state index contributed by atoms with van der Waals surface area (Å²) in [7, 11) is 0. The number of aromatic nitrogens is 1. The van der Waals surface area contributed by atoms with Crippen LogP contribution in [0.4, 0.5) is 0 Å². The van der Waals surface area contributed by atoms with Gasteiger partial charge in [-0.3, -0.25) is 4.98 Å². The van der Waals surface area contributed by atoms with Crippen LogP contribution in [0.5, 0.6) is 5.75 Å². The Labute approximate surface area is 118 Å². The van der Waals surface area contributed by atoms with Crippen molar-refractivity contribution in [1.29, 1.82) is 0 Å². The molecule has 1 heterocycles. The molecule has 0 radical (unpaired) electrons. The van der Waals surface area contributed by atoms with E-state index in [-0.39, 0.29) is 6.04 Å². The lowest BCUT2D eigenvalue weighted by Gasteiger charge is -2.14. The fourth-order valence-corrected chi connectivity index (χ4v) is 2.08. The number of rotatable bonds is 5. The predicted molar refractivity (Wildman–Crippen MR) is 77.4 cm³/mol. The van der Waals surface area contributed by atoms with Crippen LogP contribution in [0, 0.1) is 0 Å². The van der Waals surface area contributed by atoms with Crippen LogP contribution < -0.4 is 10.5 Å². The van der Waals surface area contributed by atoms with Crippen molar-refractivity contribution in [2.75, 3.05) is 0 Å². The molecule has 0 aliphatic rings. The smallest absolute Gasteiger partial charge is 0.124 e. The van der Waals surface area contributed by atoms with Crippen molar-refractivity contribution >= 4 is 11.6 Å². The monoisotopic (exact) mass is 276 g/mol. The van der Waals surface area contributed by atoms with Crippen molar-refractivity contribution in [1.82, 2.24) is 4.98 Å². The van der Waals surface area contributed by atoms with E-state index in [1.165, 1.54) is 0 Å². The van der Waals surface area contributed by atoms with Crippen molar-refractivity contribution in [3.63, 3.8) is 0 Å². The van der Waals surface area contributed by atoms with E-state index < -0.39 is 0 Å². The van der Waals surface area contributed by atoms with E-state index in [4.69, 9.17) is 22.1 Å². The molecule has 1 unspecified atom stereocenters. The average Bonchev–Trinajstić information content (AvgIpc) is 2.40. The highest BCUT2D eigenvalue weighted by Crippen LogP contribution is 2.28. The Morgan fingerprint density at radius 2 is 2.16 bits per heavy atom. The summed E-state index contributed by atoms with van der Waals surface area (Å²) in [6.45, 7) is 2.42. The number of pyridine rings is 1. The second-order valence-corrected chi connectivity index (χ2v) is 4.96. The Balaban J connectivity index is 2.13. The van der Waals surface area contributed by atoms with E-state index in [1.54, 1.807) is 12.4 Å². The van der Waals surface area contributed by atoms with E-state index in [2.05, 4.69) is 4.98 Å². The molecule has 0 aliphatic carbocycles. The quantitative estimate of drug-likeness (QED) is 0.912. The molecule has 3 nitrogen and oxygen atoms in total. The van der Waals surface area contributed by atoms with Gasteiger partial charge in [0.15, 0.2) is 0 Å². The van der Waals surface area contributed by atoms with Gasteiger partial charge in [-0.1, -0.05) is 23.7 Å². The second-order valence-electron chi connectivity index (χ2n) is 4.55. The SMILES string of the molecule is CC(N)Cc1c(Cl)cccc1OCc1cccnc1. The van der Waals surface area contributed by atoms with Crippen molar-refractivity contribution in [2.24, 2.45) is 5.73 Å². The average molecular weight is 277 g/mol. The third kappa shape index (κ3) is 3.94. The molecule has 0 spiro atoms. The molecule has 4 heteroatoms. The lowest BCUT2D eigenvalue weighted by atomic mass is 10.1.